The molecule has 0 radical (unpaired) electrons. The fourth-order valence-corrected chi connectivity index (χ4v) is 6.74. The lowest BCUT2D eigenvalue weighted by Gasteiger charge is -2.42. The molecule has 268 valence electrons. The molecule has 4 atom stereocenters. The number of amides is 4. The maximum absolute atomic E-state index is 13.8. The fraction of sp³-hybridized carbons (Fsp3) is 0.500. The molecule has 2 bridgehead atoms. The third-order valence-electron chi connectivity index (χ3n) is 10.1. The molecule has 5 rings (SSSR count). The summed E-state index contributed by atoms with van der Waals surface area (Å²) < 4.78 is 5.83. The molecule has 2 aliphatic rings. The lowest BCUT2D eigenvalue weighted by atomic mass is 9.73. The van der Waals surface area contributed by atoms with Crippen molar-refractivity contribution in [3.8, 4) is 5.75 Å². The lowest BCUT2D eigenvalue weighted by molar-refractivity contribution is -0.144. The minimum absolute atomic E-state index is 0.230. The summed E-state index contributed by atoms with van der Waals surface area (Å²) in [6, 6.07) is 16.7. The molecule has 1 aromatic heterocycles. The second kappa shape index (κ2) is 16.0. The molecule has 1 spiro atoms. The smallest absolute Gasteiger partial charge is 0.258 e. The summed E-state index contributed by atoms with van der Waals surface area (Å²) in [5.41, 5.74) is 2.71. The number of likely N-dealkylation sites (tertiary alicyclic amines) is 1. The van der Waals surface area contributed by atoms with Gasteiger partial charge in [-0.2, -0.15) is 0 Å². The van der Waals surface area contributed by atoms with Crippen molar-refractivity contribution in [2.75, 3.05) is 33.3 Å². The number of ether oxygens (including phenoxy) is 1. The number of piperidine rings is 1. The van der Waals surface area contributed by atoms with Crippen molar-refractivity contribution in [1.82, 2.24) is 30.7 Å². The van der Waals surface area contributed by atoms with Gasteiger partial charge in [-0.3, -0.25) is 29.1 Å². The van der Waals surface area contributed by atoms with Gasteiger partial charge in [0, 0.05) is 25.5 Å². The highest BCUT2D eigenvalue weighted by Gasteiger charge is 2.38. The number of likely N-dealkylation sites (N-methyl/N-ethyl adjacent to an activating group) is 1. The SMILES string of the molecule is CC(C)[C@H]1NC(=O)[C@H](C)N(C)C(=O)[C@H]([C@@H](C)O)NC(=O)COc2cccc(c2)CC2(CCN(Cc3ccc4ccccc4n3)CC2)CNC1=O. The molecule has 4 amide bonds. The molecule has 50 heavy (non-hydrogen) atoms. The van der Waals surface area contributed by atoms with Gasteiger partial charge in [-0.1, -0.05) is 50.2 Å². The van der Waals surface area contributed by atoms with Gasteiger partial charge in [0.2, 0.25) is 17.7 Å². The van der Waals surface area contributed by atoms with Crippen LogP contribution in [-0.4, -0.2) is 101 Å². The fourth-order valence-electron chi connectivity index (χ4n) is 6.74. The monoisotopic (exact) mass is 686 g/mol. The number of hydrogen-bond acceptors (Lipinski definition) is 8. The van der Waals surface area contributed by atoms with Crippen LogP contribution in [0.3, 0.4) is 0 Å². The molecule has 3 heterocycles. The number of para-hydroxylation sites is 1. The Bertz CT molecular complexity index is 1690. The standard InChI is InChI=1S/C38H50N6O6/c1-24(2)33-36(48)39-23-38(15-17-44(18-16-38)21-29-14-13-28-10-6-7-12-31(28)40-29)20-27-9-8-11-30(19-27)50-22-32(46)41-34(26(4)45)37(49)43(5)25(3)35(47)42-33/h6-14,19,24-26,33-34,45H,15-18,20-23H2,1-5H3,(H,39,48)(H,41,46)(H,42,47)/t25-,26+,33+,34-/m0/s1. The molecular formula is C38H50N6O6. The number of benzene rings is 2. The zero-order valence-corrected chi connectivity index (χ0v) is 29.6. The Morgan fingerprint density at radius 3 is 2.40 bits per heavy atom. The van der Waals surface area contributed by atoms with Crippen molar-refractivity contribution in [2.24, 2.45) is 11.3 Å². The van der Waals surface area contributed by atoms with E-state index in [0.717, 1.165) is 59.5 Å². The van der Waals surface area contributed by atoms with Crippen molar-refractivity contribution in [3.05, 3.63) is 71.9 Å². The highest BCUT2D eigenvalue weighted by Crippen LogP contribution is 2.36. The number of nitrogens with zero attached hydrogens (tertiary/aromatic N) is 3. The molecule has 0 saturated carbocycles. The summed E-state index contributed by atoms with van der Waals surface area (Å²) in [4.78, 5) is 61.8. The summed E-state index contributed by atoms with van der Waals surface area (Å²) in [5.74, 6) is -1.78. The minimum atomic E-state index is -1.30. The summed E-state index contributed by atoms with van der Waals surface area (Å²) in [6.45, 7) is 9.04. The molecule has 0 aliphatic carbocycles. The van der Waals surface area contributed by atoms with E-state index in [-0.39, 0.29) is 23.8 Å². The number of aliphatic hydroxyl groups is 1. The first-order chi connectivity index (χ1) is 23.8. The lowest BCUT2D eigenvalue weighted by Crippen LogP contribution is -2.59. The van der Waals surface area contributed by atoms with Crippen LogP contribution in [-0.2, 0) is 32.1 Å². The number of nitrogens with one attached hydrogen (secondary N) is 3. The van der Waals surface area contributed by atoms with Gasteiger partial charge in [-0.05, 0) is 87.4 Å². The van der Waals surface area contributed by atoms with Crippen molar-refractivity contribution < 1.29 is 29.0 Å². The van der Waals surface area contributed by atoms with Gasteiger partial charge in [0.1, 0.15) is 23.9 Å². The first-order valence-corrected chi connectivity index (χ1v) is 17.4. The van der Waals surface area contributed by atoms with Gasteiger partial charge in [-0.25, -0.2) is 0 Å². The molecule has 0 unspecified atom stereocenters. The number of fused-ring (bicyclic) bond motifs is 3. The molecule has 2 aromatic carbocycles. The third-order valence-corrected chi connectivity index (χ3v) is 10.1. The molecule has 2 aliphatic heterocycles. The van der Waals surface area contributed by atoms with Crippen LogP contribution in [0.2, 0.25) is 0 Å². The number of rotatable bonds is 4. The van der Waals surface area contributed by atoms with Crippen LogP contribution in [0.4, 0.5) is 0 Å². The average molecular weight is 687 g/mol. The third kappa shape index (κ3) is 8.97. The number of pyridine rings is 1. The van der Waals surface area contributed by atoms with Crippen LogP contribution in [0.5, 0.6) is 5.75 Å². The topological polar surface area (TPSA) is 153 Å². The minimum Gasteiger partial charge on any atom is -0.484 e. The van der Waals surface area contributed by atoms with Crippen molar-refractivity contribution in [3.63, 3.8) is 0 Å². The second-order valence-corrected chi connectivity index (χ2v) is 14.2. The highest BCUT2D eigenvalue weighted by atomic mass is 16.5. The summed E-state index contributed by atoms with van der Waals surface area (Å²) >= 11 is 0. The summed E-state index contributed by atoms with van der Waals surface area (Å²) in [6.07, 6.45) is 1.06. The number of aromatic nitrogens is 1. The number of hydrogen-bond donors (Lipinski definition) is 4. The summed E-state index contributed by atoms with van der Waals surface area (Å²) in [5, 5.41) is 20.1. The first kappa shape index (κ1) is 36.7. The number of carbonyl (C=O) groups is 4. The van der Waals surface area contributed by atoms with E-state index >= 15 is 0 Å². The van der Waals surface area contributed by atoms with E-state index in [4.69, 9.17) is 9.72 Å². The van der Waals surface area contributed by atoms with Gasteiger partial charge in [0.15, 0.2) is 6.61 Å². The van der Waals surface area contributed by atoms with Crippen LogP contribution < -0.4 is 20.7 Å². The van der Waals surface area contributed by atoms with Gasteiger partial charge in [-0.15, -0.1) is 0 Å². The zero-order valence-electron chi connectivity index (χ0n) is 29.6. The van der Waals surface area contributed by atoms with E-state index in [0.29, 0.717) is 18.7 Å². The first-order valence-electron chi connectivity index (χ1n) is 17.4. The van der Waals surface area contributed by atoms with Crippen molar-refractivity contribution >= 4 is 34.5 Å². The van der Waals surface area contributed by atoms with Gasteiger partial charge in [0.25, 0.3) is 5.91 Å². The Labute approximate surface area is 293 Å². The largest absolute Gasteiger partial charge is 0.484 e. The van der Waals surface area contributed by atoms with Gasteiger partial charge >= 0.3 is 0 Å². The van der Waals surface area contributed by atoms with Crippen LogP contribution in [0, 0.1) is 11.3 Å². The van der Waals surface area contributed by atoms with E-state index < -0.39 is 42.0 Å². The van der Waals surface area contributed by atoms with E-state index in [1.54, 1.807) is 6.07 Å². The van der Waals surface area contributed by atoms with E-state index in [9.17, 15) is 24.3 Å². The second-order valence-electron chi connectivity index (χ2n) is 14.2. The predicted octanol–water partition coefficient (Wildman–Crippen LogP) is 2.42. The van der Waals surface area contributed by atoms with E-state index in [2.05, 4.69) is 39.0 Å². The van der Waals surface area contributed by atoms with Gasteiger partial charge in [0.05, 0.1) is 17.3 Å². The Kier molecular flexibility index (Phi) is 11.7. The normalized spacial score (nSPS) is 23.7. The molecular weight excluding hydrogens is 636 g/mol. The zero-order chi connectivity index (χ0) is 36.0. The maximum atomic E-state index is 13.8. The molecule has 3 aromatic rings. The van der Waals surface area contributed by atoms with Crippen molar-refractivity contribution in [1.29, 1.82) is 0 Å². The molecule has 1 fully saturated rings. The van der Waals surface area contributed by atoms with E-state index in [1.165, 1.54) is 20.9 Å². The molecule has 12 heteroatoms. The van der Waals surface area contributed by atoms with Crippen LogP contribution >= 0.6 is 0 Å². The number of carbonyl (C=O) groups excluding carboxylic acids is 4. The Hall–Kier alpha value is -4.55. The van der Waals surface area contributed by atoms with Crippen LogP contribution in [0.1, 0.15) is 51.8 Å². The Balaban J connectivity index is 1.38. The molecule has 12 nitrogen and oxygen atoms in total. The number of aliphatic hydroxyl groups excluding tert-OH is 1. The maximum Gasteiger partial charge on any atom is 0.258 e. The Morgan fingerprint density at radius 1 is 0.940 bits per heavy atom. The average Bonchev–Trinajstić information content (AvgIpc) is 3.10. The molecule has 1 saturated heterocycles. The van der Waals surface area contributed by atoms with E-state index in [1.807, 2.05) is 50.2 Å². The molecule has 4 N–H and O–H groups in total. The van der Waals surface area contributed by atoms with Crippen LogP contribution in [0.15, 0.2) is 60.7 Å². The van der Waals surface area contributed by atoms with Gasteiger partial charge < -0.3 is 30.7 Å². The van der Waals surface area contributed by atoms with Crippen LogP contribution in [0.25, 0.3) is 10.9 Å². The predicted molar refractivity (Wildman–Crippen MR) is 190 cm³/mol. The van der Waals surface area contributed by atoms with Crippen molar-refractivity contribution in [2.45, 2.75) is 77.7 Å². The summed E-state index contributed by atoms with van der Waals surface area (Å²) in [7, 11) is 1.43. The quantitative estimate of drug-likeness (QED) is 0.327. The Morgan fingerprint density at radius 2 is 1.68 bits per heavy atom. The highest BCUT2D eigenvalue weighted by molar-refractivity contribution is 5.94.